The first-order valence-corrected chi connectivity index (χ1v) is 11.4. The Labute approximate surface area is 204 Å². The van der Waals surface area contributed by atoms with Gasteiger partial charge in [-0.05, 0) is 19.4 Å². The molecule has 0 N–H and O–H groups in total. The van der Waals surface area contributed by atoms with E-state index in [0.717, 1.165) is 0 Å². The molecule has 1 unspecified atom stereocenters. The molecule has 0 aromatic carbocycles. The molecule has 3 aliphatic rings. The second-order valence-electron chi connectivity index (χ2n) is 9.06. The van der Waals surface area contributed by atoms with Gasteiger partial charge in [-0.25, -0.2) is 0 Å². The van der Waals surface area contributed by atoms with Crippen LogP contribution in [-0.2, 0) is 57.0 Å². The predicted octanol–water partition coefficient (Wildman–Crippen LogP) is 0.992. The number of rotatable bonds is 9. The number of fused-ring (bicyclic) bond motifs is 1. The topological polar surface area (TPSA) is 134 Å². The molecule has 3 rings (SSSR count). The summed E-state index contributed by atoms with van der Waals surface area (Å²) in [6.07, 6.45) is -5.94. The lowest BCUT2D eigenvalue weighted by atomic mass is 9.89. The van der Waals surface area contributed by atoms with E-state index in [-0.39, 0.29) is 19.8 Å². The van der Waals surface area contributed by atoms with Crippen LogP contribution < -0.4 is 0 Å². The van der Waals surface area contributed by atoms with E-state index in [2.05, 4.69) is 6.58 Å². The van der Waals surface area contributed by atoms with E-state index in [0.29, 0.717) is 5.57 Å². The van der Waals surface area contributed by atoms with Crippen LogP contribution in [-0.4, -0.2) is 93.2 Å². The monoisotopic (exact) mass is 502 g/mol. The summed E-state index contributed by atoms with van der Waals surface area (Å²) in [6, 6.07) is 0. The van der Waals surface area contributed by atoms with E-state index in [4.69, 9.17) is 42.6 Å². The van der Waals surface area contributed by atoms with Crippen molar-refractivity contribution in [2.45, 2.75) is 95.8 Å². The third kappa shape index (κ3) is 6.78. The van der Waals surface area contributed by atoms with Crippen LogP contribution in [0, 0.1) is 0 Å². The molecule has 12 heteroatoms. The molecule has 0 aromatic heterocycles. The zero-order valence-electron chi connectivity index (χ0n) is 20.8. The van der Waals surface area contributed by atoms with Crippen molar-refractivity contribution in [3.63, 3.8) is 0 Å². The second-order valence-corrected chi connectivity index (χ2v) is 9.06. The maximum atomic E-state index is 11.9. The molecule has 3 saturated heterocycles. The van der Waals surface area contributed by atoms with Crippen LogP contribution in [0.3, 0.4) is 0 Å². The summed E-state index contributed by atoms with van der Waals surface area (Å²) in [7, 11) is 1.44. The summed E-state index contributed by atoms with van der Waals surface area (Å²) in [4.78, 5) is 35.1. The van der Waals surface area contributed by atoms with Gasteiger partial charge in [0.1, 0.15) is 31.7 Å². The zero-order chi connectivity index (χ0) is 25.9. The first-order valence-electron chi connectivity index (χ1n) is 11.4. The number of methoxy groups -OCH3 is 1. The van der Waals surface area contributed by atoms with Crippen molar-refractivity contribution in [2.75, 3.05) is 20.5 Å². The van der Waals surface area contributed by atoms with Gasteiger partial charge in [-0.1, -0.05) is 6.58 Å². The van der Waals surface area contributed by atoms with Crippen molar-refractivity contribution in [3.05, 3.63) is 12.2 Å². The number of carbonyl (C=O) groups is 3. The number of esters is 3. The summed E-state index contributed by atoms with van der Waals surface area (Å²) in [5.41, 5.74) is 0.407. The Hall–Kier alpha value is -2.09. The summed E-state index contributed by atoms with van der Waals surface area (Å²) < 4.78 is 50.9. The first-order chi connectivity index (χ1) is 16.4. The molecule has 0 aliphatic carbocycles. The Bertz CT molecular complexity index is 810. The van der Waals surface area contributed by atoms with Gasteiger partial charge in [0.05, 0.1) is 6.10 Å². The van der Waals surface area contributed by atoms with Gasteiger partial charge in [-0.3, -0.25) is 14.4 Å². The zero-order valence-corrected chi connectivity index (χ0v) is 20.8. The smallest absolute Gasteiger partial charge is 0.303 e. The summed E-state index contributed by atoms with van der Waals surface area (Å²) in [5, 5.41) is 0. The molecular weight excluding hydrogens is 468 g/mol. The molecule has 0 radical (unpaired) electrons. The highest BCUT2D eigenvalue weighted by molar-refractivity contribution is 5.67. The number of carbonyl (C=O) groups excluding carboxylic acids is 3. The van der Waals surface area contributed by atoms with E-state index in [1.54, 1.807) is 13.8 Å². The largest absolute Gasteiger partial charge is 0.463 e. The fourth-order valence-corrected chi connectivity index (χ4v) is 4.45. The van der Waals surface area contributed by atoms with Crippen molar-refractivity contribution in [1.82, 2.24) is 0 Å². The molecule has 0 spiro atoms. The summed E-state index contributed by atoms with van der Waals surface area (Å²) in [5.74, 6) is -2.46. The van der Waals surface area contributed by atoms with Crippen LogP contribution >= 0.6 is 0 Å². The van der Waals surface area contributed by atoms with Crippen LogP contribution in [0.4, 0.5) is 0 Å². The number of hydrogen-bond donors (Lipinski definition) is 0. The third-order valence-electron chi connectivity index (χ3n) is 5.74. The van der Waals surface area contributed by atoms with Crippen LogP contribution in [0.25, 0.3) is 0 Å². The van der Waals surface area contributed by atoms with Crippen molar-refractivity contribution < 1.29 is 57.0 Å². The minimum absolute atomic E-state index is 0.117. The molecular formula is C23H34O12. The van der Waals surface area contributed by atoms with E-state index in [1.165, 1.54) is 27.9 Å². The molecule has 12 nitrogen and oxygen atoms in total. The SMILES string of the molecule is C=C1[C@@H](OC(C)=O)[C@H](OCOC)[C@@H](COC(C)=O)O[C@@H]1CC1O[C@@H]2OC(C)(C)O[C@@H]2[C@H]1OC(C)=O. The highest BCUT2D eigenvalue weighted by Crippen LogP contribution is 2.42. The molecule has 198 valence electrons. The molecule has 3 aliphatic heterocycles. The number of ether oxygens (including phenoxy) is 9. The van der Waals surface area contributed by atoms with E-state index in [1.807, 2.05) is 0 Å². The summed E-state index contributed by atoms with van der Waals surface area (Å²) in [6.45, 7) is 11.1. The number of hydrogen-bond acceptors (Lipinski definition) is 12. The normalized spacial score (nSPS) is 35.9. The lowest BCUT2D eigenvalue weighted by molar-refractivity contribution is -0.231. The van der Waals surface area contributed by atoms with Gasteiger partial charge in [0.25, 0.3) is 0 Å². The van der Waals surface area contributed by atoms with E-state index >= 15 is 0 Å². The molecule has 8 atom stereocenters. The van der Waals surface area contributed by atoms with Crippen molar-refractivity contribution in [2.24, 2.45) is 0 Å². The molecule has 35 heavy (non-hydrogen) atoms. The lowest BCUT2D eigenvalue weighted by Gasteiger charge is -2.43. The maximum Gasteiger partial charge on any atom is 0.303 e. The van der Waals surface area contributed by atoms with E-state index in [9.17, 15) is 14.4 Å². The van der Waals surface area contributed by atoms with Gasteiger partial charge in [-0.2, -0.15) is 0 Å². The minimum Gasteiger partial charge on any atom is -0.463 e. The van der Waals surface area contributed by atoms with Crippen LogP contribution in [0.1, 0.15) is 41.0 Å². The van der Waals surface area contributed by atoms with Crippen LogP contribution in [0.2, 0.25) is 0 Å². The maximum absolute atomic E-state index is 11.9. The van der Waals surface area contributed by atoms with Gasteiger partial charge in [0.15, 0.2) is 30.4 Å². The fourth-order valence-electron chi connectivity index (χ4n) is 4.45. The average molecular weight is 503 g/mol. The highest BCUT2D eigenvalue weighted by Gasteiger charge is 2.57. The Morgan fingerprint density at radius 2 is 1.63 bits per heavy atom. The van der Waals surface area contributed by atoms with Crippen molar-refractivity contribution >= 4 is 17.9 Å². The van der Waals surface area contributed by atoms with Crippen LogP contribution in [0.5, 0.6) is 0 Å². The van der Waals surface area contributed by atoms with Gasteiger partial charge in [-0.15, -0.1) is 0 Å². The van der Waals surface area contributed by atoms with Gasteiger partial charge in [0, 0.05) is 34.3 Å². The quantitative estimate of drug-likeness (QED) is 0.193. The minimum atomic E-state index is -0.915. The Morgan fingerprint density at radius 3 is 2.23 bits per heavy atom. The van der Waals surface area contributed by atoms with Gasteiger partial charge in [0.2, 0.25) is 0 Å². The molecule has 0 bridgehead atoms. The van der Waals surface area contributed by atoms with Crippen molar-refractivity contribution in [3.8, 4) is 0 Å². The van der Waals surface area contributed by atoms with E-state index < -0.39 is 72.7 Å². The van der Waals surface area contributed by atoms with Gasteiger partial charge < -0.3 is 42.6 Å². The average Bonchev–Trinajstić information content (AvgIpc) is 3.20. The standard InChI is InChI=1S/C23H34O12/c1-11-15(8-16-20(31-14(4)26)21-22(33-16)35-23(5,6)34-21)32-17(9-28-12(2)24)19(29-10-27-7)18(11)30-13(3)25/h15-22H,1,8-10H2,2-7H3/t15-,16?,17-,18-,19-,20+,21-,22-/m1/s1. The third-order valence-corrected chi connectivity index (χ3v) is 5.74. The Kier molecular flexibility index (Phi) is 8.89. The predicted molar refractivity (Wildman–Crippen MR) is 116 cm³/mol. The van der Waals surface area contributed by atoms with Crippen LogP contribution in [0.15, 0.2) is 12.2 Å². The second kappa shape index (κ2) is 11.3. The fraction of sp³-hybridized carbons (Fsp3) is 0.783. The van der Waals surface area contributed by atoms with Gasteiger partial charge >= 0.3 is 17.9 Å². The van der Waals surface area contributed by atoms with Crippen molar-refractivity contribution in [1.29, 1.82) is 0 Å². The first kappa shape index (κ1) is 27.5. The molecule has 3 fully saturated rings. The highest BCUT2D eigenvalue weighted by atomic mass is 16.8. The molecule has 3 heterocycles. The summed E-state index contributed by atoms with van der Waals surface area (Å²) >= 11 is 0. The Balaban J connectivity index is 1.82. The molecule has 0 aromatic rings. The Morgan fingerprint density at radius 1 is 0.943 bits per heavy atom. The molecule has 0 amide bonds. The molecule has 0 saturated carbocycles. The lowest BCUT2D eigenvalue weighted by Crippen LogP contribution is -2.55.